The Morgan fingerprint density at radius 3 is 2.78 bits per heavy atom. The van der Waals surface area contributed by atoms with Crippen LogP contribution in [0.15, 0.2) is 0 Å². The van der Waals surface area contributed by atoms with Crippen LogP contribution in [0.25, 0.3) is 0 Å². The molecule has 1 fully saturated rings. The van der Waals surface area contributed by atoms with Crippen LogP contribution >= 0.6 is 0 Å². The van der Waals surface area contributed by atoms with Crippen molar-refractivity contribution in [2.75, 3.05) is 19.0 Å². The van der Waals surface area contributed by atoms with Crippen molar-refractivity contribution in [3.63, 3.8) is 0 Å². The van der Waals surface area contributed by atoms with E-state index in [1.165, 1.54) is 0 Å². The Morgan fingerprint density at radius 1 is 1.56 bits per heavy atom. The topological polar surface area (TPSA) is 92.7 Å². The van der Waals surface area contributed by atoms with Gasteiger partial charge in [0, 0.05) is 6.61 Å². The van der Waals surface area contributed by atoms with Crippen molar-refractivity contribution < 1.29 is 23.1 Å². The summed E-state index contributed by atoms with van der Waals surface area (Å²) in [7, 11) is -3.55. The molecule has 0 bridgehead atoms. The van der Waals surface area contributed by atoms with Crippen LogP contribution in [0.2, 0.25) is 0 Å². The smallest absolute Gasteiger partial charge is 0.321 e. The highest BCUT2D eigenvalue weighted by molar-refractivity contribution is 7.89. The summed E-state index contributed by atoms with van der Waals surface area (Å²) in [4.78, 5) is 11.0. The minimum absolute atomic E-state index is 0.0249. The number of unbranched alkanes of at least 4 members (excludes halogenated alkanes) is 1. The first-order valence-corrected chi connectivity index (χ1v) is 7.90. The van der Waals surface area contributed by atoms with Crippen LogP contribution in [0.3, 0.4) is 0 Å². The molecule has 2 atom stereocenters. The van der Waals surface area contributed by atoms with Gasteiger partial charge < -0.3 is 9.84 Å². The zero-order valence-electron chi connectivity index (χ0n) is 10.6. The molecule has 0 aromatic heterocycles. The zero-order chi connectivity index (χ0) is 13.6. The van der Waals surface area contributed by atoms with Crippen LogP contribution in [-0.2, 0) is 19.6 Å². The van der Waals surface area contributed by atoms with E-state index in [1.54, 1.807) is 0 Å². The normalized spacial score (nSPS) is 21.9. The molecule has 106 valence electrons. The van der Waals surface area contributed by atoms with Gasteiger partial charge in [-0.1, -0.05) is 19.8 Å². The Balaban J connectivity index is 2.52. The first kappa shape index (κ1) is 15.4. The molecular formula is C11H21NO5S. The van der Waals surface area contributed by atoms with Gasteiger partial charge in [-0.2, -0.15) is 0 Å². The Kier molecular flexibility index (Phi) is 6.04. The Morgan fingerprint density at radius 2 is 2.28 bits per heavy atom. The van der Waals surface area contributed by atoms with Crippen LogP contribution in [0, 0.1) is 5.92 Å². The molecule has 1 unspecified atom stereocenters. The number of carboxylic acids is 1. The Bertz CT molecular complexity index is 362. The number of ether oxygens (including phenoxy) is 1. The van der Waals surface area contributed by atoms with Crippen LogP contribution in [0.5, 0.6) is 0 Å². The summed E-state index contributed by atoms with van der Waals surface area (Å²) in [6.45, 7) is 2.95. The van der Waals surface area contributed by atoms with E-state index in [0.29, 0.717) is 32.5 Å². The van der Waals surface area contributed by atoms with Gasteiger partial charge in [-0.05, 0) is 18.8 Å². The van der Waals surface area contributed by atoms with Crippen LogP contribution < -0.4 is 4.72 Å². The third kappa shape index (κ3) is 5.32. The molecule has 1 aliphatic heterocycles. The summed E-state index contributed by atoms with van der Waals surface area (Å²) >= 11 is 0. The number of hydrogen-bond acceptors (Lipinski definition) is 4. The molecule has 0 saturated carbocycles. The number of hydrogen-bond donors (Lipinski definition) is 2. The summed E-state index contributed by atoms with van der Waals surface area (Å²) in [6, 6.07) is -1.02. The maximum Gasteiger partial charge on any atom is 0.321 e. The quantitative estimate of drug-likeness (QED) is 0.678. The Hall–Kier alpha value is -0.660. The van der Waals surface area contributed by atoms with Crippen molar-refractivity contribution in [3.05, 3.63) is 0 Å². The highest BCUT2D eigenvalue weighted by Crippen LogP contribution is 2.14. The average molecular weight is 279 g/mol. The van der Waals surface area contributed by atoms with Gasteiger partial charge in [0.15, 0.2) is 0 Å². The van der Waals surface area contributed by atoms with Crippen molar-refractivity contribution in [3.8, 4) is 0 Å². The molecule has 1 rings (SSSR count). The van der Waals surface area contributed by atoms with E-state index in [4.69, 9.17) is 9.84 Å². The molecule has 6 nitrogen and oxygen atoms in total. The molecule has 7 heteroatoms. The molecular weight excluding hydrogens is 258 g/mol. The van der Waals surface area contributed by atoms with Crippen molar-refractivity contribution in [1.82, 2.24) is 4.72 Å². The van der Waals surface area contributed by atoms with E-state index in [1.807, 2.05) is 6.92 Å². The molecule has 1 aliphatic rings. The van der Waals surface area contributed by atoms with Crippen LogP contribution in [0.1, 0.15) is 32.6 Å². The average Bonchev–Trinajstić information content (AvgIpc) is 2.75. The molecule has 0 aliphatic carbocycles. The molecule has 0 radical (unpaired) electrons. The molecule has 1 heterocycles. The summed E-state index contributed by atoms with van der Waals surface area (Å²) in [5.74, 6) is -1.19. The SMILES string of the molecule is CCCC[C@H](NS(=O)(=O)CC1CCOC1)C(=O)O. The number of sulfonamides is 1. The minimum Gasteiger partial charge on any atom is -0.480 e. The lowest BCUT2D eigenvalue weighted by Crippen LogP contribution is -2.42. The van der Waals surface area contributed by atoms with Gasteiger partial charge in [-0.3, -0.25) is 4.79 Å². The molecule has 0 amide bonds. The van der Waals surface area contributed by atoms with E-state index < -0.39 is 22.0 Å². The van der Waals surface area contributed by atoms with E-state index in [0.717, 1.165) is 6.42 Å². The maximum atomic E-state index is 11.8. The predicted molar refractivity (Wildman–Crippen MR) is 66.8 cm³/mol. The molecule has 0 aromatic carbocycles. The molecule has 0 spiro atoms. The highest BCUT2D eigenvalue weighted by Gasteiger charge is 2.27. The molecule has 18 heavy (non-hydrogen) atoms. The molecule has 1 saturated heterocycles. The van der Waals surface area contributed by atoms with E-state index >= 15 is 0 Å². The summed E-state index contributed by atoms with van der Waals surface area (Å²) < 4.78 is 31.1. The standard InChI is InChI=1S/C11H21NO5S/c1-2-3-4-10(11(13)14)12-18(15,16)8-9-5-6-17-7-9/h9-10,12H,2-8H2,1H3,(H,13,14)/t9?,10-/m0/s1. The fraction of sp³-hybridized carbons (Fsp3) is 0.909. The Labute approximate surface area is 108 Å². The lowest BCUT2D eigenvalue weighted by Gasteiger charge is -2.16. The third-order valence-corrected chi connectivity index (χ3v) is 4.50. The highest BCUT2D eigenvalue weighted by atomic mass is 32.2. The summed E-state index contributed by atoms with van der Waals surface area (Å²) in [5.41, 5.74) is 0. The largest absolute Gasteiger partial charge is 0.480 e. The van der Waals surface area contributed by atoms with Gasteiger partial charge >= 0.3 is 5.97 Å². The number of aliphatic carboxylic acids is 1. The maximum absolute atomic E-state index is 11.8. The summed E-state index contributed by atoms with van der Waals surface area (Å²) in [6.07, 6.45) is 2.56. The third-order valence-electron chi connectivity index (χ3n) is 2.95. The van der Waals surface area contributed by atoms with E-state index in [9.17, 15) is 13.2 Å². The van der Waals surface area contributed by atoms with E-state index in [-0.39, 0.29) is 11.7 Å². The van der Waals surface area contributed by atoms with Crippen molar-refractivity contribution in [1.29, 1.82) is 0 Å². The lowest BCUT2D eigenvalue weighted by molar-refractivity contribution is -0.139. The van der Waals surface area contributed by atoms with Gasteiger partial charge in [0.2, 0.25) is 10.0 Å². The second-order valence-corrected chi connectivity index (χ2v) is 6.46. The fourth-order valence-corrected chi connectivity index (χ4v) is 3.56. The first-order valence-electron chi connectivity index (χ1n) is 6.25. The predicted octanol–water partition coefficient (Wildman–Crippen LogP) is 0.586. The number of carbonyl (C=O) groups is 1. The van der Waals surface area contributed by atoms with Gasteiger partial charge in [0.25, 0.3) is 0 Å². The van der Waals surface area contributed by atoms with Crippen molar-refractivity contribution >= 4 is 16.0 Å². The fourth-order valence-electron chi connectivity index (χ4n) is 1.93. The van der Waals surface area contributed by atoms with Gasteiger partial charge in [0.1, 0.15) is 6.04 Å². The van der Waals surface area contributed by atoms with Crippen molar-refractivity contribution in [2.45, 2.75) is 38.6 Å². The first-order chi connectivity index (χ1) is 8.44. The minimum atomic E-state index is -3.55. The van der Waals surface area contributed by atoms with Crippen LogP contribution in [-0.4, -0.2) is 44.5 Å². The van der Waals surface area contributed by atoms with E-state index in [2.05, 4.69) is 4.72 Å². The zero-order valence-corrected chi connectivity index (χ0v) is 11.4. The number of nitrogens with one attached hydrogen (secondary N) is 1. The van der Waals surface area contributed by atoms with Crippen molar-refractivity contribution in [2.24, 2.45) is 5.92 Å². The monoisotopic (exact) mass is 279 g/mol. The molecule has 2 N–H and O–H groups in total. The summed E-state index contributed by atoms with van der Waals surface area (Å²) in [5, 5.41) is 8.97. The van der Waals surface area contributed by atoms with Gasteiger partial charge in [-0.25, -0.2) is 13.1 Å². The lowest BCUT2D eigenvalue weighted by atomic mass is 10.1. The van der Waals surface area contributed by atoms with Crippen LogP contribution in [0.4, 0.5) is 0 Å². The number of rotatable bonds is 8. The second-order valence-electron chi connectivity index (χ2n) is 4.66. The molecule has 0 aromatic rings. The van der Waals surface area contributed by atoms with Gasteiger partial charge in [-0.15, -0.1) is 0 Å². The van der Waals surface area contributed by atoms with Gasteiger partial charge in [0.05, 0.1) is 12.4 Å². The second kappa shape index (κ2) is 7.06. The number of carboxylic acid groups (broad SMARTS) is 1.